The van der Waals surface area contributed by atoms with E-state index in [1.54, 1.807) is 13.8 Å². The average molecular weight is 444 g/mol. The van der Waals surface area contributed by atoms with Crippen molar-refractivity contribution in [1.82, 2.24) is 4.98 Å². The van der Waals surface area contributed by atoms with Crippen LogP contribution in [0.3, 0.4) is 0 Å². The summed E-state index contributed by atoms with van der Waals surface area (Å²) >= 11 is 3.50. The number of hydrogen-bond acceptors (Lipinski definition) is 4. The van der Waals surface area contributed by atoms with Gasteiger partial charge < -0.3 is 14.5 Å². The van der Waals surface area contributed by atoms with Gasteiger partial charge in [-0.05, 0) is 43.2 Å². The number of nitrogens with one attached hydrogen (secondary N) is 1. The number of esters is 2. The fraction of sp³-hybridized carbons (Fsp3) is 0.273. The number of carbonyl (C=O) groups is 2. The number of fused-ring (bicyclic) bond motifs is 1. The summed E-state index contributed by atoms with van der Waals surface area (Å²) in [6, 6.07) is 15.4. The number of carbonyl (C=O) groups excluding carboxylic acids is 2. The molecule has 1 N–H and O–H groups in total. The van der Waals surface area contributed by atoms with Crippen molar-refractivity contribution < 1.29 is 19.1 Å². The van der Waals surface area contributed by atoms with Crippen LogP contribution in [-0.4, -0.2) is 30.1 Å². The molecule has 1 heterocycles. The number of hydrogen-bond donors (Lipinski definition) is 1. The van der Waals surface area contributed by atoms with E-state index < -0.39 is 23.8 Å². The highest BCUT2D eigenvalue weighted by molar-refractivity contribution is 9.10. The quantitative estimate of drug-likeness (QED) is 0.420. The minimum atomic E-state index is -1.10. The maximum atomic E-state index is 12.8. The summed E-state index contributed by atoms with van der Waals surface area (Å²) in [5, 5.41) is 0.932. The molecule has 1 atom stereocenters. The third kappa shape index (κ3) is 4.12. The smallest absolute Gasteiger partial charge is 0.321 e. The SMILES string of the molecule is CCOC(=O)C(C(=O)OCC)[C@@H](c1ccccc1)c1c[nH]c2ccc(Br)cc12. The molecule has 2 aromatic carbocycles. The lowest BCUT2D eigenvalue weighted by Crippen LogP contribution is -2.34. The monoisotopic (exact) mass is 443 g/mol. The van der Waals surface area contributed by atoms with Crippen molar-refractivity contribution in [3.8, 4) is 0 Å². The summed E-state index contributed by atoms with van der Waals surface area (Å²) in [7, 11) is 0. The highest BCUT2D eigenvalue weighted by atomic mass is 79.9. The summed E-state index contributed by atoms with van der Waals surface area (Å²) in [4.78, 5) is 28.9. The van der Waals surface area contributed by atoms with Crippen molar-refractivity contribution in [2.45, 2.75) is 19.8 Å². The van der Waals surface area contributed by atoms with Gasteiger partial charge in [-0.2, -0.15) is 0 Å². The Balaban J connectivity index is 2.21. The lowest BCUT2D eigenvalue weighted by atomic mass is 9.80. The number of H-pyrrole nitrogens is 1. The number of aromatic nitrogens is 1. The molecule has 1 aromatic heterocycles. The number of aromatic amines is 1. The number of halogens is 1. The molecule has 0 aliphatic rings. The molecule has 6 heteroatoms. The Morgan fingerprint density at radius 1 is 1.00 bits per heavy atom. The van der Waals surface area contributed by atoms with E-state index in [2.05, 4.69) is 20.9 Å². The van der Waals surface area contributed by atoms with Gasteiger partial charge >= 0.3 is 11.9 Å². The molecular formula is C22H22BrNO4. The zero-order chi connectivity index (χ0) is 20.1. The van der Waals surface area contributed by atoms with E-state index in [0.717, 1.165) is 26.5 Å². The zero-order valence-corrected chi connectivity index (χ0v) is 17.4. The first kappa shape index (κ1) is 20.1. The van der Waals surface area contributed by atoms with Gasteiger partial charge in [0.05, 0.1) is 13.2 Å². The molecule has 0 aliphatic carbocycles. The van der Waals surface area contributed by atoms with Gasteiger partial charge in [0.15, 0.2) is 5.92 Å². The number of rotatable bonds is 7. The summed E-state index contributed by atoms with van der Waals surface area (Å²) in [5.41, 5.74) is 2.61. The molecule has 0 bridgehead atoms. The van der Waals surface area contributed by atoms with E-state index in [-0.39, 0.29) is 13.2 Å². The van der Waals surface area contributed by atoms with Crippen molar-refractivity contribution in [3.63, 3.8) is 0 Å². The van der Waals surface area contributed by atoms with Crippen LogP contribution in [0.25, 0.3) is 10.9 Å². The van der Waals surface area contributed by atoms with Crippen LogP contribution in [-0.2, 0) is 19.1 Å². The molecular weight excluding hydrogens is 422 g/mol. The Labute approximate surface area is 172 Å². The topological polar surface area (TPSA) is 68.4 Å². The summed E-state index contributed by atoms with van der Waals surface area (Å²) in [6.07, 6.45) is 1.85. The summed E-state index contributed by atoms with van der Waals surface area (Å²) < 4.78 is 11.4. The third-order valence-electron chi connectivity index (χ3n) is 4.58. The maximum Gasteiger partial charge on any atom is 0.321 e. The van der Waals surface area contributed by atoms with Crippen molar-refractivity contribution in [2.24, 2.45) is 5.92 Å². The first-order chi connectivity index (χ1) is 13.6. The first-order valence-corrected chi connectivity index (χ1v) is 10.0. The van der Waals surface area contributed by atoms with Crippen molar-refractivity contribution in [1.29, 1.82) is 0 Å². The van der Waals surface area contributed by atoms with Gasteiger partial charge in [0, 0.05) is 27.5 Å². The largest absolute Gasteiger partial charge is 0.465 e. The Morgan fingerprint density at radius 3 is 2.25 bits per heavy atom. The van der Waals surface area contributed by atoms with Gasteiger partial charge in [0.1, 0.15) is 0 Å². The van der Waals surface area contributed by atoms with Gasteiger partial charge in [-0.25, -0.2) is 0 Å². The van der Waals surface area contributed by atoms with Gasteiger partial charge in [-0.15, -0.1) is 0 Å². The fourth-order valence-electron chi connectivity index (χ4n) is 3.42. The van der Waals surface area contributed by atoms with E-state index in [0.29, 0.717) is 0 Å². The molecule has 0 fully saturated rings. The van der Waals surface area contributed by atoms with Crippen LogP contribution in [0.5, 0.6) is 0 Å². The molecule has 0 aliphatic heterocycles. The molecule has 0 amide bonds. The predicted octanol–water partition coefficient (Wildman–Crippen LogP) is 4.80. The van der Waals surface area contributed by atoms with Crippen molar-refractivity contribution in [2.75, 3.05) is 13.2 Å². The molecule has 0 unspecified atom stereocenters. The van der Waals surface area contributed by atoms with E-state index in [9.17, 15) is 9.59 Å². The zero-order valence-electron chi connectivity index (χ0n) is 15.8. The molecule has 0 spiro atoms. The minimum absolute atomic E-state index is 0.190. The standard InChI is InChI=1S/C22H22BrNO4/c1-3-27-21(25)20(22(26)28-4-2)19(14-8-6-5-7-9-14)17-13-24-18-11-10-15(23)12-16(17)18/h5-13,19-20,24H,3-4H2,1-2H3/t19-/m0/s1. The van der Waals surface area contributed by atoms with Crippen LogP contribution in [0, 0.1) is 5.92 Å². The molecule has 3 rings (SSSR count). The van der Waals surface area contributed by atoms with Crippen LogP contribution in [0.1, 0.15) is 30.9 Å². The summed E-state index contributed by atoms with van der Waals surface area (Å²) in [5.74, 6) is -2.80. The summed E-state index contributed by atoms with van der Waals surface area (Å²) in [6.45, 7) is 3.83. The normalized spacial score (nSPS) is 12.1. The van der Waals surface area contributed by atoms with Gasteiger partial charge in [0.25, 0.3) is 0 Å². The maximum absolute atomic E-state index is 12.8. The van der Waals surface area contributed by atoms with Gasteiger partial charge in [-0.3, -0.25) is 9.59 Å². The minimum Gasteiger partial charge on any atom is -0.465 e. The third-order valence-corrected chi connectivity index (χ3v) is 5.08. The molecule has 0 radical (unpaired) electrons. The number of benzene rings is 2. The predicted molar refractivity (Wildman–Crippen MR) is 111 cm³/mol. The van der Waals surface area contributed by atoms with E-state index >= 15 is 0 Å². The van der Waals surface area contributed by atoms with Gasteiger partial charge in [-0.1, -0.05) is 46.3 Å². The highest BCUT2D eigenvalue weighted by Crippen LogP contribution is 2.38. The Kier molecular flexibility index (Phi) is 6.52. The second kappa shape index (κ2) is 9.06. The fourth-order valence-corrected chi connectivity index (χ4v) is 3.78. The molecule has 0 saturated carbocycles. The Bertz CT molecular complexity index is 949. The van der Waals surface area contributed by atoms with Crippen LogP contribution in [0.15, 0.2) is 59.2 Å². The van der Waals surface area contributed by atoms with Crippen LogP contribution < -0.4 is 0 Å². The molecule has 0 saturated heterocycles. The first-order valence-electron chi connectivity index (χ1n) is 9.21. The molecule has 146 valence electrons. The van der Waals surface area contributed by atoms with E-state index in [1.807, 2.05) is 54.7 Å². The molecule has 3 aromatic rings. The highest BCUT2D eigenvalue weighted by Gasteiger charge is 2.40. The van der Waals surface area contributed by atoms with Crippen molar-refractivity contribution >= 4 is 38.8 Å². The van der Waals surface area contributed by atoms with Crippen LogP contribution >= 0.6 is 15.9 Å². The van der Waals surface area contributed by atoms with Crippen molar-refractivity contribution in [3.05, 3.63) is 70.3 Å². The van der Waals surface area contributed by atoms with E-state index in [1.165, 1.54) is 0 Å². The molecule has 5 nitrogen and oxygen atoms in total. The van der Waals surface area contributed by atoms with Gasteiger partial charge in [0.2, 0.25) is 0 Å². The second-order valence-electron chi connectivity index (χ2n) is 6.30. The van der Waals surface area contributed by atoms with E-state index in [4.69, 9.17) is 9.47 Å². The van der Waals surface area contributed by atoms with Crippen LogP contribution in [0.4, 0.5) is 0 Å². The Morgan fingerprint density at radius 2 is 1.64 bits per heavy atom. The lowest BCUT2D eigenvalue weighted by Gasteiger charge is -2.24. The average Bonchev–Trinajstić information content (AvgIpc) is 3.09. The lowest BCUT2D eigenvalue weighted by molar-refractivity contribution is -0.162. The van der Waals surface area contributed by atoms with Crippen LogP contribution in [0.2, 0.25) is 0 Å². The second-order valence-corrected chi connectivity index (χ2v) is 7.22. The molecule has 28 heavy (non-hydrogen) atoms. The Hall–Kier alpha value is -2.60. The number of ether oxygens (including phenoxy) is 2.